The van der Waals surface area contributed by atoms with Crippen LogP contribution < -0.4 is 4.90 Å². The number of hydrogen-bond donors (Lipinski definition) is 1. The maximum absolute atomic E-state index is 12.3. The molecule has 1 amide bonds. The zero-order chi connectivity index (χ0) is 16.1. The molecule has 1 aliphatic rings. The maximum atomic E-state index is 12.3. The van der Waals surface area contributed by atoms with E-state index in [2.05, 4.69) is 4.90 Å². The van der Waals surface area contributed by atoms with Gasteiger partial charge in [0, 0.05) is 36.8 Å². The van der Waals surface area contributed by atoms with E-state index in [9.17, 15) is 9.90 Å². The molecule has 0 aromatic heterocycles. The monoisotopic (exact) mass is 328 g/mol. The average Bonchev–Trinajstić information content (AvgIpc) is 2.61. The van der Waals surface area contributed by atoms with Gasteiger partial charge in [0.25, 0.3) is 0 Å². The molecule has 0 bridgehead atoms. The highest BCUT2D eigenvalue weighted by Gasteiger charge is 2.21. The number of phenolic OH excluding ortho intramolecular Hbond substituents is 1. The number of hydrogen-bond acceptors (Lipinski definition) is 4. The second-order valence-electron chi connectivity index (χ2n) is 5.49. The number of thioether (sulfide) groups is 1. The van der Waals surface area contributed by atoms with E-state index in [0.29, 0.717) is 5.75 Å². The lowest BCUT2D eigenvalue weighted by atomic mass is 10.2. The van der Waals surface area contributed by atoms with Crippen molar-refractivity contribution in [2.45, 2.75) is 4.90 Å². The van der Waals surface area contributed by atoms with Gasteiger partial charge in [-0.15, -0.1) is 11.8 Å². The number of phenols is 1. The highest BCUT2D eigenvalue weighted by atomic mass is 32.2. The average molecular weight is 328 g/mol. The standard InChI is InChI=1S/C18H20N2O2S/c21-16-8-6-15(7-9-16)19-10-12-20(13-11-19)18(22)14-23-17-4-2-1-3-5-17/h1-9,21H,10-14H2. The molecular weight excluding hydrogens is 308 g/mol. The Morgan fingerprint density at radius 3 is 2.26 bits per heavy atom. The molecule has 1 heterocycles. The summed E-state index contributed by atoms with van der Waals surface area (Å²) in [4.78, 5) is 17.6. The lowest BCUT2D eigenvalue weighted by Gasteiger charge is -2.36. The fourth-order valence-corrected chi connectivity index (χ4v) is 3.45. The van der Waals surface area contributed by atoms with Crippen molar-refractivity contribution in [2.75, 3.05) is 36.8 Å². The normalized spacial score (nSPS) is 14.8. The zero-order valence-corrected chi connectivity index (χ0v) is 13.7. The highest BCUT2D eigenvalue weighted by molar-refractivity contribution is 8.00. The number of carbonyl (C=O) groups is 1. The predicted molar refractivity (Wildman–Crippen MR) is 94.1 cm³/mol. The van der Waals surface area contributed by atoms with Crippen LogP contribution in [0, 0.1) is 0 Å². The van der Waals surface area contributed by atoms with Crippen molar-refractivity contribution in [2.24, 2.45) is 0 Å². The van der Waals surface area contributed by atoms with Crippen LogP contribution >= 0.6 is 11.8 Å². The molecule has 0 radical (unpaired) electrons. The van der Waals surface area contributed by atoms with Gasteiger partial charge >= 0.3 is 0 Å². The number of benzene rings is 2. The summed E-state index contributed by atoms with van der Waals surface area (Å²) in [6.45, 7) is 3.14. The molecule has 0 spiro atoms. The summed E-state index contributed by atoms with van der Waals surface area (Å²) < 4.78 is 0. The van der Waals surface area contributed by atoms with Crippen molar-refractivity contribution >= 4 is 23.4 Å². The summed E-state index contributed by atoms with van der Waals surface area (Å²) in [7, 11) is 0. The van der Waals surface area contributed by atoms with E-state index < -0.39 is 0 Å². The van der Waals surface area contributed by atoms with Gasteiger partial charge in [0.05, 0.1) is 5.75 Å². The lowest BCUT2D eigenvalue weighted by molar-refractivity contribution is -0.128. The molecule has 0 unspecified atom stereocenters. The number of carbonyl (C=O) groups excluding carboxylic acids is 1. The third-order valence-corrected chi connectivity index (χ3v) is 4.95. The first-order valence-corrected chi connectivity index (χ1v) is 8.70. The van der Waals surface area contributed by atoms with Gasteiger partial charge in [-0.05, 0) is 36.4 Å². The fraction of sp³-hybridized carbons (Fsp3) is 0.278. The van der Waals surface area contributed by atoms with Crippen LogP contribution in [0.2, 0.25) is 0 Å². The van der Waals surface area contributed by atoms with Crippen LogP contribution in [0.25, 0.3) is 0 Å². The maximum Gasteiger partial charge on any atom is 0.233 e. The Balaban J connectivity index is 1.48. The van der Waals surface area contributed by atoms with Crippen LogP contribution in [0.4, 0.5) is 5.69 Å². The second kappa shape index (κ2) is 7.42. The first-order chi connectivity index (χ1) is 11.2. The Kier molecular flexibility index (Phi) is 5.08. The topological polar surface area (TPSA) is 43.8 Å². The minimum absolute atomic E-state index is 0.198. The molecular formula is C18H20N2O2S. The molecule has 23 heavy (non-hydrogen) atoms. The van der Waals surface area contributed by atoms with Gasteiger partial charge in [0.15, 0.2) is 0 Å². The number of aromatic hydroxyl groups is 1. The number of rotatable bonds is 4. The Hall–Kier alpha value is -2.14. The molecule has 4 nitrogen and oxygen atoms in total. The van der Waals surface area contributed by atoms with E-state index in [0.717, 1.165) is 36.8 Å². The van der Waals surface area contributed by atoms with Gasteiger partial charge in [0.2, 0.25) is 5.91 Å². The summed E-state index contributed by atoms with van der Waals surface area (Å²) in [5.41, 5.74) is 1.09. The van der Waals surface area contributed by atoms with E-state index in [1.165, 1.54) is 0 Å². The van der Waals surface area contributed by atoms with Gasteiger partial charge in [-0.25, -0.2) is 0 Å². The van der Waals surface area contributed by atoms with E-state index in [1.54, 1.807) is 23.9 Å². The minimum atomic E-state index is 0.198. The van der Waals surface area contributed by atoms with E-state index >= 15 is 0 Å². The van der Waals surface area contributed by atoms with Crippen molar-refractivity contribution in [1.29, 1.82) is 0 Å². The van der Waals surface area contributed by atoms with Gasteiger partial charge in [-0.1, -0.05) is 18.2 Å². The molecule has 2 aromatic carbocycles. The van der Waals surface area contributed by atoms with Gasteiger partial charge < -0.3 is 14.9 Å². The number of amides is 1. The zero-order valence-electron chi connectivity index (χ0n) is 12.9. The molecule has 0 aliphatic carbocycles. The van der Waals surface area contributed by atoms with Crippen molar-refractivity contribution in [3.05, 3.63) is 54.6 Å². The molecule has 1 aliphatic heterocycles. The molecule has 120 valence electrons. The van der Waals surface area contributed by atoms with Crippen molar-refractivity contribution in [3.63, 3.8) is 0 Å². The fourth-order valence-electron chi connectivity index (χ4n) is 2.63. The van der Waals surface area contributed by atoms with Gasteiger partial charge in [0.1, 0.15) is 5.75 Å². The van der Waals surface area contributed by atoms with E-state index in [1.807, 2.05) is 47.4 Å². The van der Waals surface area contributed by atoms with E-state index in [-0.39, 0.29) is 11.7 Å². The molecule has 0 atom stereocenters. The lowest BCUT2D eigenvalue weighted by Crippen LogP contribution is -2.49. The Morgan fingerprint density at radius 1 is 0.957 bits per heavy atom. The van der Waals surface area contributed by atoms with Crippen LogP contribution in [-0.4, -0.2) is 47.8 Å². The smallest absolute Gasteiger partial charge is 0.233 e. The third-order valence-electron chi connectivity index (χ3n) is 3.95. The summed E-state index contributed by atoms with van der Waals surface area (Å²) in [6.07, 6.45) is 0. The van der Waals surface area contributed by atoms with Crippen LogP contribution in [0.5, 0.6) is 5.75 Å². The first kappa shape index (κ1) is 15.7. The highest BCUT2D eigenvalue weighted by Crippen LogP contribution is 2.21. The molecule has 1 N–H and O–H groups in total. The van der Waals surface area contributed by atoms with Gasteiger partial charge in [-0.3, -0.25) is 4.79 Å². The minimum Gasteiger partial charge on any atom is -0.508 e. The number of anilines is 1. The predicted octanol–water partition coefficient (Wildman–Crippen LogP) is 2.83. The Bertz CT molecular complexity index is 638. The van der Waals surface area contributed by atoms with Crippen LogP contribution in [-0.2, 0) is 4.79 Å². The van der Waals surface area contributed by atoms with Crippen LogP contribution in [0.1, 0.15) is 0 Å². The molecule has 0 saturated carbocycles. The Labute approximate surface area is 140 Å². The van der Waals surface area contributed by atoms with Crippen LogP contribution in [0.15, 0.2) is 59.5 Å². The number of piperazine rings is 1. The molecule has 1 fully saturated rings. The Morgan fingerprint density at radius 2 is 1.61 bits per heavy atom. The SMILES string of the molecule is O=C(CSc1ccccc1)N1CCN(c2ccc(O)cc2)CC1. The van der Waals surface area contributed by atoms with Crippen molar-refractivity contribution in [3.8, 4) is 5.75 Å². The largest absolute Gasteiger partial charge is 0.508 e. The molecule has 3 rings (SSSR count). The molecule has 2 aromatic rings. The molecule has 5 heteroatoms. The van der Waals surface area contributed by atoms with E-state index in [4.69, 9.17) is 0 Å². The van der Waals surface area contributed by atoms with Crippen molar-refractivity contribution in [1.82, 2.24) is 4.90 Å². The molecule has 1 saturated heterocycles. The quantitative estimate of drug-likeness (QED) is 0.877. The summed E-state index contributed by atoms with van der Waals surface area (Å²) in [6, 6.07) is 17.2. The van der Waals surface area contributed by atoms with Gasteiger partial charge in [-0.2, -0.15) is 0 Å². The number of nitrogens with zero attached hydrogens (tertiary/aromatic N) is 2. The summed E-state index contributed by atoms with van der Waals surface area (Å²) >= 11 is 1.59. The summed E-state index contributed by atoms with van der Waals surface area (Å²) in [5.74, 6) is 0.966. The first-order valence-electron chi connectivity index (χ1n) is 7.72. The second-order valence-corrected chi connectivity index (χ2v) is 6.53. The van der Waals surface area contributed by atoms with Crippen molar-refractivity contribution < 1.29 is 9.90 Å². The van der Waals surface area contributed by atoms with Crippen LogP contribution in [0.3, 0.4) is 0 Å². The summed E-state index contributed by atoms with van der Waals surface area (Å²) in [5, 5.41) is 9.35. The third kappa shape index (κ3) is 4.20.